The van der Waals surface area contributed by atoms with Crippen molar-refractivity contribution in [3.05, 3.63) is 71.8 Å². The lowest BCUT2D eigenvalue weighted by molar-refractivity contribution is -0.140. The number of carbonyl (C=O) groups is 1. The van der Waals surface area contributed by atoms with Crippen LogP contribution in [0.3, 0.4) is 0 Å². The van der Waals surface area contributed by atoms with Crippen molar-refractivity contribution in [3.8, 4) is 0 Å². The van der Waals surface area contributed by atoms with Crippen LogP contribution in [0.5, 0.6) is 0 Å². The van der Waals surface area contributed by atoms with Crippen LogP contribution >= 0.6 is 7.82 Å². The molecular formula is C16H17O6P. The molecule has 0 saturated carbocycles. The van der Waals surface area contributed by atoms with Gasteiger partial charge in [-0.3, -0.25) is 13.6 Å². The first kappa shape index (κ1) is 17.4. The summed E-state index contributed by atoms with van der Waals surface area (Å²) >= 11 is 0. The Morgan fingerprint density at radius 2 is 1.26 bits per heavy atom. The van der Waals surface area contributed by atoms with E-state index in [0.717, 1.165) is 11.1 Å². The van der Waals surface area contributed by atoms with Crippen LogP contribution in [0.2, 0.25) is 0 Å². The fourth-order valence-corrected chi connectivity index (χ4v) is 2.81. The Kier molecular flexibility index (Phi) is 6.50. The maximum Gasteiger partial charge on any atom is 0.475 e. The predicted molar refractivity (Wildman–Crippen MR) is 83.7 cm³/mol. The zero-order chi connectivity index (χ0) is 16.5. The normalized spacial score (nSPS) is 11.3. The maximum absolute atomic E-state index is 12.5. The van der Waals surface area contributed by atoms with Crippen molar-refractivity contribution < 1.29 is 28.0 Å². The minimum atomic E-state index is -3.98. The molecule has 0 atom stereocenters. The largest absolute Gasteiger partial charge is 0.480 e. The van der Waals surface area contributed by atoms with Gasteiger partial charge in [-0.25, -0.2) is 9.36 Å². The first-order valence-corrected chi connectivity index (χ1v) is 8.37. The lowest BCUT2D eigenvalue weighted by atomic mass is 10.2. The molecule has 2 aromatic rings. The van der Waals surface area contributed by atoms with E-state index in [4.69, 9.17) is 18.7 Å². The van der Waals surface area contributed by atoms with E-state index < -0.39 is 20.4 Å². The number of phosphoric acid groups is 1. The van der Waals surface area contributed by atoms with E-state index >= 15 is 0 Å². The molecule has 0 bridgehead atoms. The molecule has 0 aliphatic rings. The second-order valence-corrected chi connectivity index (χ2v) is 6.30. The number of carboxylic acids is 1. The Balaban J connectivity index is 1.99. The van der Waals surface area contributed by atoms with Gasteiger partial charge in [-0.2, -0.15) is 0 Å². The maximum atomic E-state index is 12.5. The van der Waals surface area contributed by atoms with Crippen LogP contribution in [0.1, 0.15) is 11.1 Å². The Labute approximate surface area is 134 Å². The molecule has 0 amide bonds. The average molecular weight is 336 g/mol. The molecule has 7 heteroatoms. The number of aliphatic carboxylic acids is 1. The molecule has 0 aromatic heterocycles. The number of hydrogen-bond donors (Lipinski definition) is 1. The van der Waals surface area contributed by atoms with Crippen molar-refractivity contribution in [2.75, 3.05) is 6.61 Å². The van der Waals surface area contributed by atoms with Gasteiger partial charge in [-0.05, 0) is 11.1 Å². The minimum absolute atomic E-state index is 0.00741. The van der Waals surface area contributed by atoms with Crippen LogP contribution in [-0.4, -0.2) is 17.7 Å². The van der Waals surface area contributed by atoms with Crippen molar-refractivity contribution in [3.63, 3.8) is 0 Å². The molecule has 1 N–H and O–H groups in total. The Bertz CT molecular complexity index is 611. The van der Waals surface area contributed by atoms with Gasteiger partial charge < -0.3 is 5.11 Å². The number of phosphoric ester groups is 1. The SMILES string of the molecule is O=C(O)COP(=O)(OCc1ccccc1)OCc1ccccc1. The second kappa shape index (κ2) is 8.60. The van der Waals surface area contributed by atoms with Crippen molar-refractivity contribution in [1.82, 2.24) is 0 Å². The van der Waals surface area contributed by atoms with E-state index in [0.29, 0.717) is 0 Å². The molecule has 122 valence electrons. The van der Waals surface area contributed by atoms with E-state index in [-0.39, 0.29) is 13.2 Å². The lowest BCUT2D eigenvalue weighted by Gasteiger charge is -2.17. The minimum Gasteiger partial charge on any atom is -0.480 e. The average Bonchev–Trinajstić information content (AvgIpc) is 2.59. The summed E-state index contributed by atoms with van der Waals surface area (Å²) in [5, 5.41) is 8.69. The number of benzene rings is 2. The fraction of sp³-hybridized carbons (Fsp3) is 0.188. The van der Waals surface area contributed by atoms with E-state index in [1.165, 1.54) is 0 Å². The van der Waals surface area contributed by atoms with Crippen LogP contribution in [0.4, 0.5) is 0 Å². The van der Waals surface area contributed by atoms with Crippen molar-refractivity contribution in [2.24, 2.45) is 0 Å². The van der Waals surface area contributed by atoms with Crippen LogP contribution < -0.4 is 0 Å². The van der Waals surface area contributed by atoms with Gasteiger partial charge in [0, 0.05) is 0 Å². The molecule has 0 fully saturated rings. The van der Waals surface area contributed by atoms with Crippen LogP contribution in [-0.2, 0) is 36.1 Å². The molecule has 0 spiro atoms. The summed E-state index contributed by atoms with van der Waals surface area (Å²) in [6.07, 6.45) is 0. The molecule has 6 nitrogen and oxygen atoms in total. The molecule has 0 aliphatic heterocycles. The highest BCUT2D eigenvalue weighted by Crippen LogP contribution is 2.50. The zero-order valence-electron chi connectivity index (χ0n) is 12.3. The molecule has 0 unspecified atom stereocenters. The van der Waals surface area contributed by atoms with Crippen molar-refractivity contribution >= 4 is 13.8 Å². The van der Waals surface area contributed by atoms with Crippen LogP contribution in [0, 0.1) is 0 Å². The number of carboxylic acid groups (broad SMARTS) is 1. The monoisotopic (exact) mass is 336 g/mol. The third-order valence-electron chi connectivity index (χ3n) is 2.81. The molecule has 0 radical (unpaired) electrons. The summed E-state index contributed by atoms with van der Waals surface area (Å²) < 4.78 is 27.9. The third-order valence-corrected chi connectivity index (χ3v) is 4.15. The molecule has 23 heavy (non-hydrogen) atoms. The Morgan fingerprint density at radius 3 is 1.65 bits per heavy atom. The summed E-state index contributed by atoms with van der Waals surface area (Å²) in [5.41, 5.74) is 1.55. The molecule has 0 aliphatic carbocycles. The van der Waals surface area contributed by atoms with Crippen LogP contribution in [0.15, 0.2) is 60.7 Å². The van der Waals surface area contributed by atoms with Gasteiger partial charge in [-0.1, -0.05) is 60.7 Å². The van der Waals surface area contributed by atoms with Gasteiger partial charge in [0.15, 0.2) is 6.61 Å². The first-order chi connectivity index (χ1) is 11.1. The van der Waals surface area contributed by atoms with Crippen molar-refractivity contribution in [1.29, 1.82) is 0 Å². The highest BCUT2D eigenvalue weighted by molar-refractivity contribution is 7.48. The van der Waals surface area contributed by atoms with E-state index in [1.807, 2.05) is 36.4 Å². The quantitative estimate of drug-likeness (QED) is 0.704. The highest BCUT2D eigenvalue weighted by atomic mass is 31.2. The van der Waals surface area contributed by atoms with E-state index in [1.54, 1.807) is 24.3 Å². The summed E-state index contributed by atoms with van der Waals surface area (Å²) in [4.78, 5) is 10.6. The third kappa shape index (κ3) is 6.34. The standard InChI is InChI=1S/C16H17O6P/c17-16(18)13-22-23(19,20-11-14-7-3-1-4-8-14)21-12-15-9-5-2-6-10-15/h1-10H,11-13H2,(H,17,18). The van der Waals surface area contributed by atoms with Gasteiger partial charge in [-0.15, -0.1) is 0 Å². The van der Waals surface area contributed by atoms with Crippen molar-refractivity contribution in [2.45, 2.75) is 13.2 Å². The van der Waals surface area contributed by atoms with E-state index in [2.05, 4.69) is 0 Å². The predicted octanol–water partition coefficient (Wildman–Crippen LogP) is 3.63. The van der Waals surface area contributed by atoms with Gasteiger partial charge in [0.05, 0.1) is 13.2 Å². The molecular weight excluding hydrogens is 319 g/mol. The summed E-state index contributed by atoms with van der Waals surface area (Å²) in [7, 11) is -3.98. The van der Waals surface area contributed by atoms with Gasteiger partial charge in [0.25, 0.3) is 0 Å². The molecule has 2 aromatic carbocycles. The smallest absolute Gasteiger partial charge is 0.475 e. The Morgan fingerprint density at radius 1 is 0.826 bits per heavy atom. The molecule has 0 heterocycles. The first-order valence-electron chi connectivity index (χ1n) is 6.91. The number of rotatable bonds is 9. The van der Waals surface area contributed by atoms with E-state index in [9.17, 15) is 9.36 Å². The number of hydrogen-bond acceptors (Lipinski definition) is 5. The summed E-state index contributed by atoms with van der Waals surface area (Å²) in [6, 6.07) is 18.1. The Hall–Kier alpha value is -1.98. The second-order valence-electron chi connectivity index (χ2n) is 4.63. The van der Waals surface area contributed by atoms with Crippen LogP contribution in [0.25, 0.3) is 0 Å². The summed E-state index contributed by atoms with van der Waals surface area (Å²) in [5.74, 6) is -1.25. The fourth-order valence-electron chi connectivity index (χ4n) is 1.70. The highest BCUT2D eigenvalue weighted by Gasteiger charge is 2.28. The topological polar surface area (TPSA) is 82.1 Å². The van der Waals surface area contributed by atoms with Gasteiger partial charge >= 0.3 is 13.8 Å². The molecule has 2 rings (SSSR count). The summed E-state index contributed by atoms with van der Waals surface area (Å²) in [6.45, 7) is -0.778. The van der Waals surface area contributed by atoms with Gasteiger partial charge in [0.2, 0.25) is 0 Å². The van der Waals surface area contributed by atoms with Gasteiger partial charge in [0.1, 0.15) is 0 Å². The lowest BCUT2D eigenvalue weighted by Crippen LogP contribution is -2.09. The molecule has 0 saturated heterocycles. The zero-order valence-corrected chi connectivity index (χ0v) is 13.2.